The van der Waals surface area contributed by atoms with E-state index in [1.165, 1.54) is 16.7 Å². The van der Waals surface area contributed by atoms with Crippen LogP contribution in [0.15, 0.2) is 41.3 Å². The van der Waals surface area contributed by atoms with Crippen LogP contribution in [0.1, 0.15) is 0 Å². The van der Waals surface area contributed by atoms with Gasteiger partial charge in [-0.15, -0.1) is 0 Å². The molecular weight excluding hydrogens is 219 g/mol. The van der Waals surface area contributed by atoms with Gasteiger partial charge >= 0.3 is 0 Å². The number of hydrogen-bond acceptors (Lipinski definition) is 2. The fourth-order valence-electron chi connectivity index (χ4n) is 1.72. The number of hydrogen-bond donors (Lipinski definition) is 1. The largest absolute Gasteiger partial charge is 0.384 e. The van der Waals surface area contributed by atoms with Gasteiger partial charge in [-0.05, 0) is 23.8 Å². The number of benzene rings is 1. The summed E-state index contributed by atoms with van der Waals surface area (Å²) in [4.78, 5) is 11.7. The molecule has 0 amide bonds. The van der Waals surface area contributed by atoms with E-state index in [0.29, 0.717) is 5.69 Å². The van der Waals surface area contributed by atoms with E-state index in [9.17, 15) is 9.18 Å². The molecule has 0 unspecified atom stereocenters. The van der Waals surface area contributed by atoms with Gasteiger partial charge in [-0.1, -0.05) is 12.1 Å². The van der Waals surface area contributed by atoms with Gasteiger partial charge in [0.25, 0.3) is 5.56 Å². The summed E-state index contributed by atoms with van der Waals surface area (Å²) in [7, 11) is 3.36. The van der Waals surface area contributed by atoms with Gasteiger partial charge in [-0.2, -0.15) is 0 Å². The first kappa shape index (κ1) is 11.4. The highest BCUT2D eigenvalue weighted by Crippen LogP contribution is 2.20. The first-order chi connectivity index (χ1) is 8.11. The second kappa shape index (κ2) is 4.41. The van der Waals surface area contributed by atoms with Crippen molar-refractivity contribution < 1.29 is 4.39 Å². The van der Waals surface area contributed by atoms with E-state index >= 15 is 0 Å². The average Bonchev–Trinajstić information content (AvgIpc) is 2.32. The molecule has 0 radical (unpaired) electrons. The molecule has 4 heteroatoms. The van der Waals surface area contributed by atoms with E-state index in [4.69, 9.17) is 0 Å². The highest BCUT2D eigenvalue weighted by atomic mass is 19.1. The Balaban J connectivity index is 2.61. The Bertz CT molecular complexity index is 605. The second-order valence-electron chi connectivity index (χ2n) is 3.82. The zero-order valence-electron chi connectivity index (χ0n) is 9.70. The summed E-state index contributed by atoms with van der Waals surface area (Å²) >= 11 is 0. The molecule has 0 fully saturated rings. The minimum atomic E-state index is -0.289. The molecule has 1 heterocycles. The molecule has 0 aliphatic carbocycles. The maximum Gasteiger partial charge on any atom is 0.273 e. The summed E-state index contributed by atoms with van der Waals surface area (Å²) in [6.45, 7) is 0. The van der Waals surface area contributed by atoms with Crippen molar-refractivity contribution >= 4 is 5.69 Å². The van der Waals surface area contributed by atoms with E-state index in [1.54, 1.807) is 32.4 Å². The van der Waals surface area contributed by atoms with Crippen molar-refractivity contribution in [3.05, 3.63) is 52.7 Å². The Hall–Kier alpha value is -2.10. The summed E-state index contributed by atoms with van der Waals surface area (Å²) < 4.78 is 14.6. The smallest absolute Gasteiger partial charge is 0.273 e. The molecule has 2 rings (SSSR count). The fraction of sp³-hybridized carbons (Fsp3) is 0.154. The molecule has 2 aromatic rings. The summed E-state index contributed by atoms with van der Waals surface area (Å²) in [5, 5.41) is 2.83. The highest BCUT2D eigenvalue weighted by molar-refractivity contribution is 5.66. The summed E-state index contributed by atoms with van der Waals surface area (Å²) in [6.07, 6.45) is 1.69. The summed E-state index contributed by atoms with van der Waals surface area (Å²) in [6, 6.07) is 8.01. The molecular formula is C13H13FN2O. The van der Waals surface area contributed by atoms with Crippen molar-refractivity contribution in [1.82, 2.24) is 4.57 Å². The van der Waals surface area contributed by atoms with Crippen LogP contribution in [0.5, 0.6) is 0 Å². The normalized spacial score (nSPS) is 10.3. The lowest BCUT2D eigenvalue weighted by Crippen LogP contribution is -2.19. The molecule has 0 saturated carbocycles. The predicted octanol–water partition coefficient (Wildman–Crippen LogP) is 2.23. The molecule has 0 aliphatic heterocycles. The van der Waals surface area contributed by atoms with Crippen molar-refractivity contribution in [2.45, 2.75) is 0 Å². The molecule has 0 saturated heterocycles. The molecule has 1 aromatic heterocycles. The van der Waals surface area contributed by atoms with Gasteiger partial charge in [0.2, 0.25) is 0 Å². The van der Waals surface area contributed by atoms with Gasteiger partial charge in [0.1, 0.15) is 11.5 Å². The molecule has 88 valence electrons. The standard InChI is InChI=1S/C13H13FN2O/c1-15-12-7-10(8-16(2)13(12)17)9-4-3-5-11(14)6-9/h3-8,15H,1-2H3. The Morgan fingerprint density at radius 3 is 2.65 bits per heavy atom. The molecule has 0 spiro atoms. The number of nitrogens with zero attached hydrogens (tertiary/aromatic N) is 1. The number of pyridine rings is 1. The van der Waals surface area contributed by atoms with Crippen LogP contribution in [0.3, 0.4) is 0 Å². The number of anilines is 1. The zero-order chi connectivity index (χ0) is 12.4. The highest BCUT2D eigenvalue weighted by Gasteiger charge is 2.05. The third-order valence-electron chi connectivity index (χ3n) is 2.61. The van der Waals surface area contributed by atoms with Gasteiger partial charge < -0.3 is 9.88 Å². The lowest BCUT2D eigenvalue weighted by atomic mass is 10.1. The molecule has 0 bridgehead atoms. The van der Waals surface area contributed by atoms with Gasteiger partial charge in [-0.25, -0.2) is 4.39 Å². The number of nitrogens with one attached hydrogen (secondary N) is 1. The van der Waals surface area contributed by atoms with Crippen LogP contribution in [-0.2, 0) is 7.05 Å². The van der Waals surface area contributed by atoms with Crippen LogP contribution >= 0.6 is 0 Å². The first-order valence-corrected chi connectivity index (χ1v) is 5.26. The van der Waals surface area contributed by atoms with Crippen LogP contribution in [0.25, 0.3) is 11.1 Å². The Morgan fingerprint density at radius 2 is 2.00 bits per heavy atom. The molecule has 0 atom stereocenters. The van der Waals surface area contributed by atoms with E-state index in [0.717, 1.165) is 11.1 Å². The molecule has 0 aliphatic rings. The Morgan fingerprint density at radius 1 is 1.24 bits per heavy atom. The van der Waals surface area contributed by atoms with E-state index in [2.05, 4.69) is 5.32 Å². The van der Waals surface area contributed by atoms with Crippen molar-refractivity contribution in [2.75, 3.05) is 12.4 Å². The van der Waals surface area contributed by atoms with Crippen LogP contribution < -0.4 is 10.9 Å². The third-order valence-corrected chi connectivity index (χ3v) is 2.61. The van der Waals surface area contributed by atoms with E-state index in [1.807, 2.05) is 6.07 Å². The molecule has 1 N–H and O–H groups in total. The van der Waals surface area contributed by atoms with Crippen LogP contribution in [0.2, 0.25) is 0 Å². The number of aryl methyl sites for hydroxylation is 1. The maximum absolute atomic E-state index is 13.1. The lowest BCUT2D eigenvalue weighted by molar-refractivity contribution is 0.628. The van der Waals surface area contributed by atoms with Gasteiger partial charge in [0.15, 0.2) is 0 Å². The SMILES string of the molecule is CNc1cc(-c2cccc(F)c2)cn(C)c1=O. The van der Waals surface area contributed by atoms with Crippen molar-refractivity contribution in [3.63, 3.8) is 0 Å². The van der Waals surface area contributed by atoms with Gasteiger partial charge in [0.05, 0.1) is 0 Å². The summed E-state index contributed by atoms with van der Waals surface area (Å²) in [5.41, 5.74) is 1.94. The first-order valence-electron chi connectivity index (χ1n) is 5.26. The number of rotatable bonds is 2. The predicted molar refractivity (Wildman–Crippen MR) is 66.6 cm³/mol. The third kappa shape index (κ3) is 2.20. The zero-order valence-corrected chi connectivity index (χ0v) is 9.70. The van der Waals surface area contributed by atoms with Crippen LogP contribution in [-0.4, -0.2) is 11.6 Å². The lowest BCUT2D eigenvalue weighted by Gasteiger charge is -2.08. The molecule has 17 heavy (non-hydrogen) atoms. The molecule has 3 nitrogen and oxygen atoms in total. The van der Waals surface area contributed by atoms with Crippen molar-refractivity contribution in [1.29, 1.82) is 0 Å². The van der Waals surface area contributed by atoms with Crippen LogP contribution in [0.4, 0.5) is 10.1 Å². The van der Waals surface area contributed by atoms with Gasteiger partial charge in [0, 0.05) is 25.9 Å². The number of halogens is 1. The van der Waals surface area contributed by atoms with Crippen molar-refractivity contribution in [2.24, 2.45) is 7.05 Å². The maximum atomic E-state index is 13.1. The van der Waals surface area contributed by atoms with Crippen LogP contribution in [0, 0.1) is 5.82 Å². The average molecular weight is 232 g/mol. The van der Waals surface area contributed by atoms with E-state index in [-0.39, 0.29) is 11.4 Å². The quantitative estimate of drug-likeness (QED) is 0.861. The Labute approximate surface area is 98.5 Å². The number of aromatic nitrogens is 1. The summed E-state index contributed by atoms with van der Waals surface area (Å²) in [5.74, 6) is -0.289. The molecule has 1 aromatic carbocycles. The van der Waals surface area contributed by atoms with Gasteiger partial charge in [-0.3, -0.25) is 4.79 Å². The monoisotopic (exact) mass is 232 g/mol. The van der Waals surface area contributed by atoms with E-state index < -0.39 is 0 Å². The minimum Gasteiger partial charge on any atom is -0.384 e. The minimum absolute atomic E-state index is 0.104. The second-order valence-corrected chi connectivity index (χ2v) is 3.82. The Kier molecular flexibility index (Phi) is 2.95. The topological polar surface area (TPSA) is 34.0 Å². The van der Waals surface area contributed by atoms with Crippen molar-refractivity contribution in [3.8, 4) is 11.1 Å². The fourth-order valence-corrected chi connectivity index (χ4v) is 1.72.